The Morgan fingerprint density at radius 1 is 1.05 bits per heavy atom. The molecular weight excluding hydrogens is 514 g/mol. The van der Waals surface area contributed by atoms with Gasteiger partial charge in [-0.1, -0.05) is 40.0 Å². The van der Waals surface area contributed by atoms with Crippen LogP contribution in [0.4, 0.5) is 4.79 Å². The van der Waals surface area contributed by atoms with Crippen molar-refractivity contribution in [3.63, 3.8) is 0 Å². The number of Topliss-reactive ketones (excluding diaryl/α,β-unsaturated/α-hetero) is 1. The number of carbonyl (C=O) groups excluding carboxylic acids is 4. The van der Waals surface area contributed by atoms with Crippen LogP contribution in [-0.2, 0) is 25.5 Å². The summed E-state index contributed by atoms with van der Waals surface area (Å²) in [6, 6.07) is -1.99. The molecule has 0 aromatic heterocycles. The smallest absolute Gasteiger partial charge is 0.315 e. The highest BCUT2D eigenvalue weighted by Gasteiger charge is 2.43. The van der Waals surface area contributed by atoms with Crippen molar-refractivity contribution in [2.24, 2.45) is 5.41 Å². The third-order valence-electron chi connectivity index (χ3n) is 7.63. The summed E-state index contributed by atoms with van der Waals surface area (Å²) in [4.78, 5) is 51.6. The third-order valence-corrected chi connectivity index (χ3v) is 8.43. The molecule has 2 saturated carbocycles. The van der Waals surface area contributed by atoms with Crippen LogP contribution < -0.4 is 21.3 Å². The standard InChI is InChI=1S/C25H43N5O7S/c1-24(2,3)19(28-23(35)29-25(15-38(36)37)11-5-4-6-12-25)22(34)30-13-7-8-17(30)20(32)26-14-18(31)21(33)27-16-9-10-16/h16-17,19,22,34H,4-15H2,1-3H3,(H,26,32)(H,27,33)(H,36,37)(H2,28,29,35)/t17-,19+,22?/m0/s1. The number of nitrogens with zero attached hydrogens (tertiary/aromatic N) is 1. The molecule has 4 atom stereocenters. The first-order chi connectivity index (χ1) is 17.8. The number of ketones is 1. The van der Waals surface area contributed by atoms with Crippen LogP contribution in [0.25, 0.3) is 0 Å². The number of likely N-dealkylation sites (tertiary alicyclic amines) is 1. The quantitative estimate of drug-likeness (QED) is 0.156. The zero-order chi connectivity index (χ0) is 28.1. The van der Waals surface area contributed by atoms with Gasteiger partial charge in [-0.3, -0.25) is 19.3 Å². The molecule has 3 fully saturated rings. The Hall–Kier alpha value is -2.09. The lowest BCUT2D eigenvalue weighted by molar-refractivity contribution is -0.139. The predicted octanol–water partition coefficient (Wildman–Crippen LogP) is 0.372. The fraction of sp³-hybridized carbons (Fsp3) is 0.840. The molecule has 13 heteroatoms. The molecule has 0 radical (unpaired) electrons. The van der Waals surface area contributed by atoms with Gasteiger partial charge < -0.3 is 30.9 Å². The van der Waals surface area contributed by atoms with E-state index in [9.17, 15) is 33.0 Å². The van der Waals surface area contributed by atoms with Crippen molar-refractivity contribution in [1.29, 1.82) is 0 Å². The second-order valence-electron chi connectivity index (χ2n) is 11.9. The molecule has 3 rings (SSSR count). The summed E-state index contributed by atoms with van der Waals surface area (Å²) in [6.07, 6.45) is 5.48. The van der Waals surface area contributed by atoms with Gasteiger partial charge >= 0.3 is 6.03 Å². The normalized spacial score (nSPS) is 24.1. The number of aliphatic hydroxyl groups is 1. The van der Waals surface area contributed by atoms with Crippen LogP contribution in [0, 0.1) is 5.41 Å². The van der Waals surface area contributed by atoms with Crippen LogP contribution in [0.5, 0.6) is 0 Å². The molecule has 0 spiro atoms. The van der Waals surface area contributed by atoms with Crippen molar-refractivity contribution in [2.45, 2.75) is 108 Å². The second-order valence-corrected chi connectivity index (χ2v) is 12.9. The maximum Gasteiger partial charge on any atom is 0.315 e. The number of carbonyl (C=O) groups is 4. The van der Waals surface area contributed by atoms with E-state index >= 15 is 0 Å². The first-order valence-electron chi connectivity index (χ1n) is 13.5. The van der Waals surface area contributed by atoms with Crippen LogP contribution in [0.15, 0.2) is 0 Å². The van der Waals surface area contributed by atoms with Gasteiger partial charge in [0.15, 0.2) is 11.1 Å². The average Bonchev–Trinajstić information content (AvgIpc) is 3.50. The number of rotatable bonds is 11. The Kier molecular flexibility index (Phi) is 10.3. The summed E-state index contributed by atoms with van der Waals surface area (Å²) in [5, 5.41) is 22.3. The first-order valence-corrected chi connectivity index (χ1v) is 14.8. The van der Waals surface area contributed by atoms with Crippen LogP contribution in [0.2, 0.25) is 0 Å². The zero-order valence-electron chi connectivity index (χ0n) is 22.6. The Labute approximate surface area is 226 Å². The fourth-order valence-electron chi connectivity index (χ4n) is 5.36. The number of amides is 4. The minimum Gasteiger partial charge on any atom is -0.376 e. The van der Waals surface area contributed by atoms with Crippen molar-refractivity contribution >= 4 is 34.7 Å². The van der Waals surface area contributed by atoms with Crippen LogP contribution in [0.1, 0.15) is 78.6 Å². The Morgan fingerprint density at radius 2 is 1.71 bits per heavy atom. The molecule has 3 aliphatic rings. The van der Waals surface area contributed by atoms with Gasteiger partial charge in [0.25, 0.3) is 5.91 Å². The molecule has 0 aromatic rings. The lowest BCUT2D eigenvalue weighted by atomic mass is 9.83. The van der Waals surface area contributed by atoms with Gasteiger partial charge in [0.05, 0.1) is 29.9 Å². The summed E-state index contributed by atoms with van der Waals surface area (Å²) < 4.78 is 21.1. The highest BCUT2D eigenvalue weighted by Crippen LogP contribution is 2.31. The van der Waals surface area contributed by atoms with Gasteiger partial charge in [-0.2, -0.15) is 0 Å². The molecule has 6 N–H and O–H groups in total. The number of hydrogen-bond acceptors (Lipinski definition) is 7. The van der Waals surface area contributed by atoms with Gasteiger partial charge in [-0.25, -0.2) is 9.00 Å². The Morgan fingerprint density at radius 3 is 2.29 bits per heavy atom. The van der Waals surface area contributed by atoms with Gasteiger partial charge in [0, 0.05) is 12.6 Å². The highest BCUT2D eigenvalue weighted by atomic mass is 32.2. The topological polar surface area (TPSA) is 177 Å². The van der Waals surface area contributed by atoms with Crippen molar-refractivity contribution in [3.8, 4) is 0 Å². The highest BCUT2D eigenvalue weighted by molar-refractivity contribution is 7.79. The van der Waals surface area contributed by atoms with E-state index in [4.69, 9.17) is 0 Å². The molecule has 1 heterocycles. The molecule has 2 aliphatic carbocycles. The monoisotopic (exact) mass is 557 g/mol. The van der Waals surface area contributed by atoms with Gasteiger partial charge in [0.1, 0.15) is 6.23 Å². The predicted molar refractivity (Wildman–Crippen MR) is 141 cm³/mol. The molecule has 0 bridgehead atoms. The van der Waals surface area contributed by atoms with E-state index in [0.717, 1.165) is 32.1 Å². The van der Waals surface area contributed by atoms with E-state index in [-0.39, 0.29) is 11.8 Å². The summed E-state index contributed by atoms with van der Waals surface area (Å²) >= 11 is -2.07. The van der Waals surface area contributed by atoms with Crippen LogP contribution in [-0.4, -0.2) is 91.1 Å². The molecule has 216 valence electrons. The molecule has 1 saturated heterocycles. The SMILES string of the molecule is CC(C)(C)[C@H](NC(=O)NC1(CS(=O)O)CCCCC1)C(O)N1CCC[C@H]1C(=O)NCC(=O)C(=O)NC1CC1. The van der Waals surface area contributed by atoms with E-state index in [2.05, 4.69) is 21.3 Å². The van der Waals surface area contributed by atoms with Crippen molar-refractivity contribution in [1.82, 2.24) is 26.2 Å². The van der Waals surface area contributed by atoms with Crippen molar-refractivity contribution < 1.29 is 33.0 Å². The molecule has 0 aromatic carbocycles. The fourth-order valence-corrected chi connectivity index (χ4v) is 6.20. The van der Waals surface area contributed by atoms with E-state index in [1.165, 1.54) is 0 Å². The third kappa shape index (κ3) is 8.45. The largest absolute Gasteiger partial charge is 0.376 e. The molecule has 2 unspecified atom stereocenters. The second kappa shape index (κ2) is 12.8. The van der Waals surface area contributed by atoms with E-state index in [0.29, 0.717) is 32.2 Å². The maximum atomic E-state index is 13.1. The van der Waals surface area contributed by atoms with Crippen LogP contribution >= 0.6 is 0 Å². The van der Waals surface area contributed by atoms with E-state index in [1.54, 1.807) is 4.90 Å². The van der Waals surface area contributed by atoms with Gasteiger partial charge in [0.2, 0.25) is 11.7 Å². The summed E-state index contributed by atoms with van der Waals surface area (Å²) in [6.45, 7) is 5.59. The molecule has 38 heavy (non-hydrogen) atoms. The minimum absolute atomic E-state index is 0.0421. The number of urea groups is 1. The van der Waals surface area contributed by atoms with Crippen molar-refractivity contribution in [3.05, 3.63) is 0 Å². The Balaban J connectivity index is 1.63. The van der Waals surface area contributed by atoms with E-state index < -0.39 is 70.5 Å². The van der Waals surface area contributed by atoms with Gasteiger partial charge in [-0.05, 0) is 43.9 Å². The number of aliphatic hydroxyl groups excluding tert-OH is 1. The van der Waals surface area contributed by atoms with E-state index in [1.807, 2.05) is 20.8 Å². The maximum absolute atomic E-state index is 13.1. The molecule has 4 amide bonds. The lowest BCUT2D eigenvalue weighted by Gasteiger charge is -2.42. The Bertz CT molecular complexity index is 914. The van der Waals surface area contributed by atoms with Crippen LogP contribution in [0.3, 0.4) is 0 Å². The number of nitrogens with one attached hydrogen (secondary N) is 4. The van der Waals surface area contributed by atoms with Gasteiger partial charge in [-0.15, -0.1) is 0 Å². The number of hydrogen-bond donors (Lipinski definition) is 6. The molecular formula is C25H43N5O7S. The summed E-state index contributed by atoms with van der Waals surface area (Å²) in [5.74, 6) is -1.95. The summed E-state index contributed by atoms with van der Waals surface area (Å²) in [7, 11) is 0. The zero-order valence-corrected chi connectivity index (χ0v) is 23.4. The lowest BCUT2D eigenvalue weighted by Crippen LogP contribution is -2.64. The summed E-state index contributed by atoms with van der Waals surface area (Å²) in [5.41, 5.74) is -1.39. The first kappa shape index (κ1) is 30.5. The molecule has 12 nitrogen and oxygen atoms in total. The average molecular weight is 558 g/mol. The molecule has 1 aliphatic heterocycles. The van der Waals surface area contributed by atoms with Crippen molar-refractivity contribution in [2.75, 3.05) is 18.8 Å². The minimum atomic E-state index is -2.07.